The Bertz CT molecular complexity index is 380. The third kappa shape index (κ3) is 3.72. The molecule has 3 heteroatoms. The van der Waals surface area contributed by atoms with E-state index in [1.807, 2.05) is 52.8 Å². The molecule has 0 bridgehead atoms. The van der Waals surface area contributed by atoms with E-state index in [1.54, 1.807) is 6.07 Å². The molecule has 0 saturated heterocycles. The molecule has 18 heavy (non-hydrogen) atoms. The molecule has 1 aromatic carbocycles. The zero-order valence-corrected chi connectivity index (χ0v) is 11.8. The summed E-state index contributed by atoms with van der Waals surface area (Å²) in [6, 6.07) is 7.30. The van der Waals surface area contributed by atoms with Gasteiger partial charge in [-0.1, -0.05) is 39.0 Å². The lowest BCUT2D eigenvalue weighted by molar-refractivity contribution is -0.0470. The zero-order chi connectivity index (χ0) is 13.9. The number of rotatable bonds is 4. The summed E-state index contributed by atoms with van der Waals surface area (Å²) in [5.74, 6) is 0.628. The van der Waals surface area contributed by atoms with E-state index in [2.05, 4.69) is 0 Å². The van der Waals surface area contributed by atoms with Gasteiger partial charge in [0, 0.05) is 5.56 Å². The Morgan fingerprint density at radius 1 is 1.06 bits per heavy atom. The van der Waals surface area contributed by atoms with Crippen LogP contribution in [0.15, 0.2) is 24.3 Å². The van der Waals surface area contributed by atoms with Gasteiger partial charge in [-0.2, -0.15) is 0 Å². The van der Waals surface area contributed by atoms with E-state index >= 15 is 0 Å². The van der Waals surface area contributed by atoms with Gasteiger partial charge < -0.3 is 14.9 Å². The molecule has 1 aromatic rings. The summed E-state index contributed by atoms with van der Waals surface area (Å²) in [5, 5.41) is 20.4. The Kier molecular flexibility index (Phi) is 4.77. The lowest BCUT2D eigenvalue weighted by Crippen LogP contribution is -2.32. The molecule has 3 nitrogen and oxygen atoms in total. The minimum absolute atomic E-state index is 0.0325. The smallest absolute Gasteiger partial charge is 0.125 e. The largest absolute Gasteiger partial charge is 0.491 e. The fourth-order valence-electron chi connectivity index (χ4n) is 1.73. The van der Waals surface area contributed by atoms with Gasteiger partial charge in [-0.05, 0) is 25.3 Å². The molecule has 2 unspecified atom stereocenters. The molecule has 0 aromatic heterocycles. The summed E-state index contributed by atoms with van der Waals surface area (Å²) in [7, 11) is 0. The van der Waals surface area contributed by atoms with Gasteiger partial charge in [-0.3, -0.25) is 0 Å². The van der Waals surface area contributed by atoms with E-state index in [9.17, 15) is 10.2 Å². The van der Waals surface area contributed by atoms with Crippen LogP contribution in [0, 0.1) is 5.41 Å². The van der Waals surface area contributed by atoms with Gasteiger partial charge in [-0.15, -0.1) is 0 Å². The number of para-hydroxylation sites is 1. The van der Waals surface area contributed by atoms with Crippen LogP contribution in [0.5, 0.6) is 5.75 Å². The Morgan fingerprint density at radius 2 is 1.61 bits per heavy atom. The maximum Gasteiger partial charge on any atom is 0.125 e. The van der Waals surface area contributed by atoms with Crippen molar-refractivity contribution >= 4 is 0 Å². The molecule has 0 radical (unpaired) electrons. The molecule has 0 aliphatic heterocycles. The second-order valence-corrected chi connectivity index (χ2v) is 5.96. The quantitative estimate of drug-likeness (QED) is 0.866. The predicted octanol–water partition coefficient (Wildman–Crippen LogP) is 2.91. The number of benzene rings is 1. The number of hydrogen-bond acceptors (Lipinski definition) is 3. The van der Waals surface area contributed by atoms with Gasteiger partial charge in [0.2, 0.25) is 0 Å². The van der Waals surface area contributed by atoms with E-state index in [0.29, 0.717) is 11.3 Å². The van der Waals surface area contributed by atoms with E-state index in [4.69, 9.17) is 4.74 Å². The third-order valence-corrected chi connectivity index (χ3v) is 2.79. The van der Waals surface area contributed by atoms with Gasteiger partial charge in [0.05, 0.1) is 12.2 Å². The topological polar surface area (TPSA) is 49.7 Å². The first kappa shape index (κ1) is 15.0. The first-order valence-electron chi connectivity index (χ1n) is 6.35. The van der Waals surface area contributed by atoms with Crippen LogP contribution in [-0.4, -0.2) is 22.4 Å². The maximum atomic E-state index is 10.3. The molecule has 2 atom stereocenters. The van der Waals surface area contributed by atoms with E-state index in [0.717, 1.165) is 0 Å². The van der Waals surface area contributed by atoms with Crippen LogP contribution in [0.2, 0.25) is 0 Å². The molecular formula is C15H24O3. The van der Waals surface area contributed by atoms with Crippen molar-refractivity contribution in [3.8, 4) is 5.75 Å². The molecule has 0 aliphatic rings. The standard InChI is InChI=1S/C15H24O3/c1-10(2)18-12-9-7-6-8-11(12)13(16)14(17)15(3,4)5/h6-10,13-14,16-17H,1-5H3. The number of hydrogen-bond donors (Lipinski definition) is 2. The lowest BCUT2D eigenvalue weighted by Gasteiger charge is -2.31. The summed E-state index contributed by atoms with van der Waals surface area (Å²) in [6.07, 6.45) is -1.75. The lowest BCUT2D eigenvalue weighted by atomic mass is 9.83. The van der Waals surface area contributed by atoms with Gasteiger partial charge >= 0.3 is 0 Å². The number of aliphatic hydroxyl groups excluding tert-OH is 2. The highest BCUT2D eigenvalue weighted by Crippen LogP contribution is 2.34. The van der Waals surface area contributed by atoms with Gasteiger partial charge in [0.15, 0.2) is 0 Å². The minimum atomic E-state index is -0.944. The Balaban J connectivity index is 3.01. The summed E-state index contributed by atoms with van der Waals surface area (Å²) in [4.78, 5) is 0. The van der Waals surface area contributed by atoms with Crippen molar-refractivity contribution in [3.05, 3.63) is 29.8 Å². The first-order chi connectivity index (χ1) is 8.23. The van der Waals surface area contributed by atoms with Crippen LogP contribution in [-0.2, 0) is 0 Å². The van der Waals surface area contributed by atoms with E-state index in [-0.39, 0.29) is 11.5 Å². The summed E-state index contributed by atoms with van der Waals surface area (Å²) in [5.41, 5.74) is 0.248. The molecular weight excluding hydrogens is 228 g/mol. The van der Waals surface area contributed by atoms with Gasteiger partial charge in [0.25, 0.3) is 0 Å². The number of aliphatic hydroxyl groups is 2. The Labute approximate surface area is 109 Å². The van der Waals surface area contributed by atoms with Crippen LogP contribution in [0.1, 0.15) is 46.3 Å². The summed E-state index contributed by atoms with van der Waals surface area (Å²) in [6.45, 7) is 9.55. The van der Waals surface area contributed by atoms with Gasteiger partial charge in [-0.25, -0.2) is 0 Å². The van der Waals surface area contributed by atoms with Crippen molar-refractivity contribution in [2.24, 2.45) is 5.41 Å². The molecule has 0 heterocycles. The summed E-state index contributed by atoms with van der Waals surface area (Å²) < 4.78 is 5.66. The average Bonchev–Trinajstić information content (AvgIpc) is 2.26. The first-order valence-corrected chi connectivity index (χ1v) is 6.35. The normalized spacial score (nSPS) is 15.6. The SMILES string of the molecule is CC(C)Oc1ccccc1C(O)C(O)C(C)(C)C. The Hall–Kier alpha value is -1.06. The van der Waals surface area contributed by atoms with Crippen molar-refractivity contribution < 1.29 is 14.9 Å². The number of ether oxygens (including phenoxy) is 1. The molecule has 1 rings (SSSR count). The molecule has 2 N–H and O–H groups in total. The molecule has 0 fully saturated rings. The second-order valence-electron chi connectivity index (χ2n) is 5.96. The molecule has 0 amide bonds. The highest BCUT2D eigenvalue weighted by Gasteiger charge is 2.31. The average molecular weight is 252 g/mol. The molecule has 0 aliphatic carbocycles. The van der Waals surface area contributed by atoms with Crippen LogP contribution >= 0.6 is 0 Å². The third-order valence-electron chi connectivity index (χ3n) is 2.79. The highest BCUT2D eigenvalue weighted by molar-refractivity contribution is 5.36. The second kappa shape index (κ2) is 5.72. The maximum absolute atomic E-state index is 10.3. The van der Waals surface area contributed by atoms with Crippen molar-refractivity contribution in [1.29, 1.82) is 0 Å². The fraction of sp³-hybridized carbons (Fsp3) is 0.600. The Morgan fingerprint density at radius 3 is 2.11 bits per heavy atom. The van der Waals surface area contributed by atoms with Crippen molar-refractivity contribution in [2.45, 2.75) is 52.9 Å². The fourth-order valence-corrected chi connectivity index (χ4v) is 1.73. The highest BCUT2D eigenvalue weighted by atomic mass is 16.5. The molecule has 0 saturated carbocycles. The summed E-state index contributed by atoms with van der Waals surface area (Å²) >= 11 is 0. The van der Waals surface area contributed by atoms with Crippen LogP contribution in [0.25, 0.3) is 0 Å². The van der Waals surface area contributed by atoms with Crippen LogP contribution in [0.4, 0.5) is 0 Å². The van der Waals surface area contributed by atoms with E-state index < -0.39 is 12.2 Å². The van der Waals surface area contributed by atoms with E-state index in [1.165, 1.54) is 0 Å². The van der Waals surface area contributed by atoms with Gasteiger partial charge in [0.1, 0.15) is 11.9 Å². The molecule has 0 spiro atoms. The zero-order valence-electron chi connectivity index (χ0n) is 11.8. The molecule has 102 valence electrons. The van der Waals surface area contributed by atoms with Crippen molar-refractivity contribution in [2.75, 3.05) is 0 Å². The monoisotopic (exact) mass is 252 g/mol. The van der Waals surface area contributed by atoms with Crippen molar-refractivity contribution in [3.63, 3.8) is 0 Å². The van der Waals surface area contributed by atoms with Crippen LogP contribution < -0.4 is 4.74 Å². The predicted molar refractivity (Wildman–Crippen MR) is 72.6 cm³/mol. The van der Waals surface area contributed by atoms with Crippen LogP contribution in [0.3, 0.4) is 0 Å². The van der Waals surface area contributed by atoms with Crippen molar-refractivity contribution in [1.82, 2.24) is 0 Å². The minimum Gasteiger partial charge on any atom is -0.491 e.